The summed E-state index contributed by atoms with van der Waals surface area (Å²) in [5.41, 5.74) is 7.30. The van der Waals surface area contributed by atoms with Gasteiger partial charge < -0.3 is 40.0 Å². The van der Waals surface area contributed by atoms with Gasteiger partial charge >= 0.3 is 0 Å². The summed E-state index contributed by atoms with van der Waals surface area (Å²) in [5.74, 6) is -0.221. The number of hydrogen-bond donors (Lipinski definition) is 6. The van der Waals surface area contributed by atoms with Crippen molar-refractivity contribution in [2.45, 2.75) is 68.6 Å². The van der Waals surface area contributed by atoms with Crippen molar-refractivity contribution in [3.05, 3.63) is 170 Å². The van der Waals surface area contributed by atoms with Gasteiger partial charge in [0.1, 0.15) is 17.1 Å². The number of aromatic amines is 3. The summed E-state index contributed by atoms with van der Waals surface area (Å²) < 4.78 is 6.90. The Labute approximate surface area is 404 Å². The molecule has 3 fully saturated rings. The zero-order valence-electron chi connectivity index (χ0n) is 37.1. The average molecular weight is 1000 g/mol. The second kappa shape index (κ2) is 17.3. The lowest BCUT2D eigenvalue weighted by molar-refractivity contribution is 0.0918. The van der Waals surface area contributed by atoms with Crippen LogP contribution in [0.1, 0.15) is 93.6 Å². The van der Waals surface area contributed by atoms with Crippen LogP contribution in [0.5, 0.6) is 0 Å². The number of hydrogen-bond acceptors (Lipinski definition) is 4. The Balaban J connectivity index is 0.000000118. The van der Waals surface area contributed by atoms with E-state index in [0.717, 1.165) is 87.8 Å². The van der Waals surface area contributed by atoms with E-state index in [-0.39, 0.29) is 34.3 Å². The third kappa shape index (κ3) is 9.30. The zero-order valence-corrected chi connectivity index (χ0v) is 40.2. The minimum Gasteiger partial charge on any atom is -0.357 e. The van der Waals surface area contributed by atoms with Gasteiger partial charge in [0.15, 0.2) is 0 Å². The van der Waals surface area contributed by atoms with Crippen LogP contribution < -0.4 is 16.0 Å². The van der Waals surface area contributed by atoms with Gasteiger partial charge in [-0.05, 0) is 142 Å². The monoisotopic (exact) mass is 998 g/mol. The van der Waals surface area contributed by atoms with Gasteiger partial charge in [0, 0.05) is 104 Å². The van der Waals surface area contributed by atoms with Gasteiger partial charge in [0.25, 0.3) is 17.7 Å². The van der Waals surface area contributed by atoms with E-state index < -0.39 is 0 Å². The number of carbonyl (C=O) groups excluding carboxylic acids is 3. The van der Waals surface area contributed by atoms with Gasteiger partial charge in [-0.2, -0.15) is 5.10 Å². The third-order valence-electron chi connectivity index (χ3n) is 13.1. The summed E-state index contributed by atoms with van der Waals surface area (Å²) >= 11 is 15.4. The van der Waals surface area contributed by atoms with Crippen LogP contribution >= 0.6 is 39.1 Å². The fraction of sp³-hybridized carbons (Fsp3) is 0.255. The number of amides is 3. The van der Waals surface area contributed by atoms with Crippen LogP contribution in [-0.4, -0.2) is 51.6 Å². The number of aromatic nitrogens is 7. The molecule has 3 aromatic carbocycles. The molecule has 3 aliphatic carbocycles. The minimum atomic E-state index is -0.247. The van der Waals surface area contributed by atoms with Crippen LogP contribution in [0.15, 0.2) is 127 Å². The highest BCUT2D eigenvalue weighted by Gasteiger charge is 2.48. The summed E-state index contributed by atoms with van der Waals surface area (Å²) in [6, 6.07) is 26.8. The first-order valence-electron chi connectivity index (χ1n) is 22.3. The van der Waals surface area contributed by atoms with Crippen molar-refractivity contribution in [1.82, 2.24) is 49.8 Å². The Hall–Kier alpha value is -6.48. The zero-order chi connectivity index (χ0) is 46.7. The summed E-state index contributed by atoms with van der Waals surface area (Å²) in [6.45, 7) is 3.05. The molecule has 6 aromatic heterocycles. The normalized spacial score (nSPS) is 15.9. The summed E-state index contributed by atoms with van der Waals surface area (Å²) in [6.07, 6.45) is 17.9. The molecule has 0 unspecified atom stereocenters. The molecule has 0 radical (unpaired) electrons. The van der Waals surface area contributed by atoms with Gasteiger partial charge in [0.05, 0.1) is 22.8 Å². The smallest absolute Gasteiger partial charge is 0.268 e. The van der Waals surface area contributed by atoms with Crippen molar-refractivity contribution < 1.29 is 14.4 Å². The van der Waals surface area contributed by atoms with E-state index in [2.05, 4.69) is 94.1 Å². The predicted octanol–water partition coefficient (Wildman–Crippen LogP) is 10.7. The molecule has 16 heteroatoms. The standard InChI is InChI=1S/C18H18ClN3O.C17H16ClN3O.C16H15BrN4O/c1-2-22-8-5-13(11-22)18(6-7-18)21-17(23)16-10-12-9-14(19)3-4-15(12)20-16;1-21-7-4-12(10-21)17(5-6-17)20-16(22)15-9-11-8-13(18)2-3-14(11)19-15;1-21-9-11(8-18-21)16(4-5-16)20-15(22)14-7-10-6-12(17)2-3-13(10)19-14/h3-5,8-11,20H,2,6-7H2,1H3,(H,21,23);2-4,7-10,19H,5-6H2,1H3,(H,20,22);2-3,6-9,19H,4-5H2,1H3,(H,20,22). The van der Waals surface area contributed by atoms with Crippen molar-refractivity contribution in [3.63, 3.8) is 0 Å². The summed E-state index contributed by atoms with van der Waals surface area (Å²) in [5, 5.41) is 18.0. The Morgan fingerprint density at radius 1 is 0.597 bits per heavy atom. The molecule has 13 nitrogen and oxygen atoms in total. The number of fused-ring (bicyclic) bond motifs is 3. The Bertz CT molecular complexity index is 3190. The molecule has 9 aromatic rings. The molecular formula is C51H49BrCl2N10O3. The highest BCUT2D eigenvalue weighted by atomic mass is 79.9. The molecule has 342 valence electrons. The number of H-pyrrole nitrogens is 3. The first-order valence-corrected chi connectivity index (χ1v) is 23.9. The van der Waals surface area contributed by atoms with Crippen LogP contribution in [0.25, 0.3) is 32.7 Å². The summed E-state index contributed by atoms with van der Waals surface area (Å²) in [4.78, 5) is 47.2. The Morgan fingerprint density at radius 3 is 1.46 bits per heavy atom. The van der Waals surface area contributed by atoms with Crippen molar-refractivity contribution in [1.29, 1.82) is 0 Å². The molecule has 12 rings (SSSR count). The fourth-order valence-corrected chi connectivity index (χ4v) is 9.48. The topological polar surface area (TPSA) is 162 Å². The van der Waals surface area contributed by atoms with Crippen molar-refractivity contribution in [2.75, 3.05) is 0 Å². The van der Waals surface area contributed by atoms with Gasteiger partial charge in [-0.3, -0.25) is 19.1 Å². The SMILES string of the molecule is CCn1ccc(C2(NC(=O)c3cc4cc(Cl)ccc4[nH]3)CC2)c1.Cn1cc(C2(NC(=O)c3cc4cc(Br)ccc4[nH]3)CC2)cn1.Cn1ccc(C2(NC(=O)c3cc4cc(Cl)ccc4[nH]3)CC2)c1. The van der Waals surface area contributed by atoms with Gasteiger partial charge in [-0.1, -0.05) is 39.1 Å². The van der Waals surface area contributed by atoms with E-state index >= 15 is 0 Å². The Morgan fingerprint density at radius 2 is 1.04 bits per heavy atom. The van der Waals surface area contributed by atoms with E-state index in [1.807, 2.05) is 110 Å². The highest BCUT2D eigenvalue weighted by molar-refractivity contribution is 9.10. The number of halogens is 3. The van der Waals surface area contributed by atoms with E-state index in [4.69, 9.17) is 23.2 Å². The van der Waals surface area contributed by atoms with Crippen LogP contribution in [0.4, 0.5) is 0 Å². The molecule has 0 aliphatic heterocycles. The summed E-state index contributed by atoms with van der Waals surface area (Å²) in [7, 11) is 3.87. The van der Waals surface area contributed by atoms with Crippen LogP contribution in [0, 0.1) is 0 Å². The van der Waals surface area contributed by atoms with Crippen molar-refractivity contribution >= 4 is 89.6 Å². The first kappa shape index (κ1) is 44.4. The van der Waals surface area contributed by atoms with Crippen LogP contribution in [0.2, 0.25) is 10.0 Å². The fourth-order valence-electron chi connectivity index (χ4n) is 8.74. The number of carbonyl (C=O) groups is 3. The molecule has 0 bridgehead atoms. The lowest BCUT2D eigenvalue weighted by atomic mass is 10.1. The number of nitrogens with zero attached hydrogens (tertiary/aromatic N) is 4. The molecular weight excluding hydrogens is 951 g/mol. The quantitative estimate of drug-likeness (QED) is 0.0805. The predicted molar refractivity (Wildman–Crippen MR) is 266 cm³/mol. The van der Waals surface area contributed by atoms with Crippen LogP contribution in [-0.2, 0) is 37.3 Å². The highest BCUT2D eigenvalue weighted by Crippen LogP contribution is 2.47. The molecule has 67 heavy (non-hydrogen) atoms. The molecule has 0 saturated heterocycles. The van der Waals surface area contributed by atoms with Gasteiger partial charge in [-0.15, -0.1) is 0 Å². The molecule has 6 N–H and O–H groups in total. The minimum absolute atomic E-state index is 0.0703. The molecule has 0 spiro atoms. The Kier molecular flexibility index (Phi) is 11.5. The molecule has 3 saturated carbocycles. The van der Waals surface area contributed by atoms with E-state index in [0.29, 0.717) is 27.1 Å². The maximum Gasteiger partial charge on any atom is 0.268 e. The number of benzene rings is 3. The molecule has 3 amide bonds. The van der Waals surface area contributed by atoms with E-state index in [1.54, 1.807) is 4.68 Å². The second-order valence-electron chi connectivity index (χ2n) is 18.1. The largest absolute Gasteiger partial charge is 0.357 e. The van der Waals surface area contributed by atoms with Crippen molar-refractivity contribution in [3.8, 4) is 0 Å². The van der Waals surface area contributed by atoms with Crippen molar-refractivity contribution in [2.24, 2.45) is 14.1 Å². The molecule has 3 aliphatic rings. The number of nitrogens with one attached hydrogen (secondary N) is 6. The maximum absolute atomic E-state index is 12.6. The van der Waals surface area contributed by atoms with E-state index in [9.17, 15) is 14.4 Å². The number of aryl methyl sites for hydroxylation is 3. The van der Waals surface area contributed by atoms with Gasteiger partial charge in [-0.25, -0.2) is 0 Å². The van der Waals surface area contributed by atoms with Crippen LogP contribution in [0.3, 0.4) is 0 Å². The molecule has 6 heterocycles. The lowest BCUT2D eigenvalue weighted by Crippen LogP contribution is -2.34. The second-order valence-corrected chi connectivity index (χ2v) is 19.8. The molecule has 0 atom stereocenters. The maximum atomic E-state index is 12.6. The number of rotatable bonds is 10. The van der Waals surface area contributed by atoms with Gasteiger partial charge in [0.2, 0.25) is 0 Å². The van der Waals surface area contributed by atoms with E-state index in [1.165, 1.54) is 11.1 Å². The average Bonchev–Trinajstić information content (AvgIpc) is 4.04. The first-order chi connectivity index (χ1) is 32.2. The third-order valence-corrected chi connectivity index (χ3v) is 14.1. The lowest BCUT2D eigenvalue weighted by Gasteiger charge is -2.15.